The molecule has 0 radical (unpaired) electrons. The predicted octanol–water partition coefficient (Wildman–Crippen LogP) is 5.09. The molecule has 2 nitrogen and oxygen atoms in total. The molecule has 0 bridgehead atoms. The maximum absolute atomic E-state index is 12.6. The van der Waals surface area contributed by atoms with Crippen LogP contribution in [0.15, 0.2) is 35.4 Å². The van der Waals surface area contributed by atoms with Gasteiger partial charge in [-0.3, -0.25) is 0 Å². The number of thioether (sulfide) groups is 1. The van der Waals surface area contributed by atoms with Gasteiger partial charge in [0.2, 0.25) is 5.28 Å². The Balaban J connectivity index is 2.18. The predicted molar refractivity (Wildman–Crippen MR) is 73.1 cm³/mol. The molecular weight excluding hydrogens is 332 g/mol. The fraction of sp³-hybridized carbons (Fsp3) is 0.167. The summed E-state index contributed by atoms with van der Waals surface area (Å²) in [6.45, 7) is 0. The van der Waals surface area contributed by atoms with Crippen LogP contribution in [0.3, 0.4) is 0 Å². The molecular formula is C12H7Cl2F3N2S. The summed E-state index contributed by atoms with van der Waals surface area (Å²) in [5.41, 5.74) is -0.249. The van der Waals surface area contributed by atoms with Crippen LogP contribution in [0.25, 0.3) is 0 Å². The Morgan fingerprint density at radius 3 is 2.45 bits per heavy atom. The average Bonchev–Trinajstić information content (AvgIpc) is 2.36. The zero-order valence-corrected chi connectivity index (χ0v) is 12.1. The first-order valence-electron chi connectivity index (χ1n) is 5.34. The molecule has 0 aliphatic heterocycles. The number of benzene rings is 1. The summed E-state index contributed by atoms with van der Waals surface area (Å²) in [6.07, 6.45) is -4.55. The first-order valence-corrected chi connectivity index (χ1v) is 7.08. The fourth-order valence-corrected chi connectivity index (χ4v) is 2.80. The SMILES string of the molecule is FC(F)(F)c1cc(SCc2ccccc2Cl)nc(Cl)n1. The number of hydrogen-bond donors (Lipinski definition) is 0. The summed E-state index contributed by atoms with van der Waals surface area (Å²) in [5.74, 6) is 0.393. The first kappa shape index (κ1) is 15.4. The van der Waals surface area contributed by atoms with Crippen molar-refractivity contribution in [3.63, 3.8) is 0 Å². The second-order valence-electron chi connectivity index (χ2n) is 3.74. The molecule has 0 fully saturated rings. The molecule has 1 aromatic carbocycles. The van der Waals surface area contributed by atoms with E-state index in [0.29, 0.717) is 10.8 Å². The molecule has 0 spiro atoms. The molecule has 20 heavy (non-hydrogen) atoms. The smallest absolute Gasteiger partial charge is 0.213 e. The van der Waals surface area contributed by atoms with E-state index in [1.165, 1.54) is 0 Å². The van der Waals surface area contributed by atoms with Gasteiger partial charge in [-0.1, -0.05) is 29.8 Å². The van der Waals surface area contributed by atoms with Crippen LogP contribution in [-0.4, -0.2) is 9.97 Å². The van der Waals surface area contributed by atoms with Gasteiger partial charge in [0, 0.05) is 16.8 Å². The van der Waals surface area contributed by atoms with Gasteiger partial charge in [-0.25, -0.2) is 9.97 Å². The molecule has 0 amide bonds. The second kappa shape index (κ2) is 6.20. The lowest BCUT2D eigenvalue weighted by atomic mass is 10.2. The van der Waals surface area contributed by atoms with Gasteiger partial charge in [0.15, 0.2) is 5.69 Å². The van der Waals surface area contributed by atoms with Crippen LogP contribution in [0.2, 0.25) is 10.3 Å². The maximum atomic E-state index is 12.6. The minimum Gasteiger partial charge on any atom is -0.213 e. The summed E-state index contributed by atoms with van der Waals surface area (Å²) in [6, 6.07) is 7.96. The Labute approximate surface area is 127 Å². The summed E-state index contributed by atoms with van der Waals surface area (Å²) in [7, 11) is 0. The zero-order valence-electron chi connectivity index (χ0n) is 9.79. The van der Waals surface area contributed by atoms with Gasteiger partial charge in [-0.2, -0.15) is 13.2 Å². The topological polar surface area (TPSA) is 25.8 Å². The number of hydrogen-bond acceptors (Lipinski definition) is 3. The van der Waals surface area contributed by atoms with Crippen LogP contribution in [0.5, 0.6) is 0 Å². The highest BCUT2D eigenvalue weighted by Crippen LogP contribution is 2.32. The second-order valence-corrected chi connectivity index (χ2v) is 5.48. The van der Waals surface area contributed by atoms with Crippen molar-refractivity contribution in [1.82, 2.24) is 9.97 Å². The highest BCUT2D eigenvalue weighted by molar-refractivity contribution is 7.98. The van der Waals surface area contributed by atoms with Crippen LogP contribution in [0.4, 0.5) is 13.2 Å². The van der Waals surface area contributed by atoms with Crippen molar-refractivity contribution >= 4 is 35.0 Å². The van der Waals surface area contributed by atoms with Crippen LogP contribution < -0.4 is 0 Å². The first-order chi connectivity index (χ1) is 9.36. The number of alkyl halides is 3. The fourth-order valence-electron chi connectivity index (χ4n) is 1.38. The van der Waals surface area contributed by atoms with Gasteiger partial charge in [0.05, 0.1) is 0 Å². The van der Waals surface area contributed by atoms with E-state index in [9.17, 15) is 13.2 Å². The van der Waals surface area contributed by atoms with Crippen LogP contribution >= 0.6 is 35.0 Å². The van der Waals surface area contributed by atoms with Crippen molar-refractivity contribution in [2.45, 2.75) is 17.0 Å². The summed E-state index contributed by atoms with van der Waals surface area (Å²) < 4.78 is 37.8. The number of nitrogens with zero attached hydrogens (tertiary/aromatic N) is 2. The zero-order chi connectivity index (χ0) is 14.8. The molecule has 8 heteroatoms. The normalized spacial score (nSPS) is 11.7. The van der Waals surface area contributed by atoms with Gasteiger partial charge in [0.25, 0.3) is 0 Å². The summed E-state index contributed by atoms with van der Waals surface area (Å²) in [4.78, 5) is 6.93. The van der Waals surface area contributed by atoms with Crippen LogP contribution in [0, 0.1) is 0 Å². The molecule has 0 saturated carbocycles. The highest BCUT2D eigenvalue weighted by Gasteiger charge is 2.33. The third kappa shape index (κ3) is 4.01. The molecule has 1 aromatic heterocycles. The van der Waals surface area contributed by atoms with Gasteiger partial charge >= 0.3 is 6.18 Å². The highest BCUT2D eigenvalue weighted by atomic mass is 35.5. The Hall–Kier alpha value is -0.980. The van der Waals surface area contributed by atoms with E-state index in [1.807, 2.05) is 0 Å². The van der Waals surface area contributed by atoms with E-state index in [4.69, 9.17) is 23.2 Å². The molecule has 0 saturated heterocycles. The molecule has 0 N–H and O–H groups in total. The van der Waals surface area contributed by atoms with Crippen molar-refractivity contribution < 1.29 is 13.2 Å². The minimum atomic E-state index is -4.55. The Bertz CT molecular complexity index is 620. The molecule has 2 rings (SSSR count). The van der Waals surface area contributed by atoms with E-state index in [0.717, 1.165) is 23.4 Å². The van der Waals surface area contributed by atoms with Gasteiger partial charge in [-0.15, -0.1) is 11.8 Å². The largest absolute Gasteiger partial charge is 0.433 e. The Morgan fingerprint density at radius 2 is 1.80 bits per heavy atom. The standard InChI is InChI=1S/C12H7Cl2F3N2S/c13-8-4-2-1-3-7(8)6-20-10-5-9(12(15,16)17)18-11(14)19-10/h1-5H,6H2. The van der Waals surface area contributed by atoms with Crippen molar-refractivity contribution in [2.24, 2.45) is 0 Å². The molecule has 1 heterocycles. The Morgan fingerprint density at radius 1 is 1.10 bits per heavy atom. The van der Waals surface area contributed by atoms with Gasteiger partial charge in [-0.05, 0) is 23.2 Å². The molecule has 0 atom stereocenters. The lowest BCUT2D eigenvalue weighted by molar-refractivity contribution is -0.141. The van der Waals surface area contributed by atoms with E-state index in [-0.39, 0.29) is 5.03 Å². The molecule has 0 aliphatic rings. The van der Waals surface area contributed by atoms with E-state index >= 15 is 0 Å². The number of halogens is 5. The van der Waals surface area contributed by atoms with Crippen molar-refractivity contribution in [3.05, 3.63) is 51.9 Å². The van der Waals surface area contributed by atoms with Crippen LogP contribution in [0.1, 0.15) is 11.3 Å². The number of rotatable bonds is 3. The molecule has 106 valence electrons. The molecule has 0 unspecified atom stereocenters. The van der Waals surface area contributed by atoms with Gasteiger partial charge in [0.1, 0.15) is 5.03 Å². The monoisotopic (exact) mass is 338 g/mol. The van der Waals surface area contributed by atoms with E-state index in [2.05, 4.69) is 9.97 Å². The van der Waals surface area contributed by atoms with E-state index < -0.39 is 17.2 Å². The lowest BCUT2D eigenvalue weighted by Gasteiger charge is -2.08. The maximum Gasteiger partial charge on any atom is 0.433 e. The van der Waals surface area contributed by atoms with Gasteiger partial charge < -0.3 is 0 Å². The lowest BCUT2D eigenvalue weighted by Crippen LogP contribution is -2.09. The quantitative estimate of drug-likeness (QED) is 0.442. The third-order valence-electron chi connectivity index (χ3n) is 2.30. The van der Waals surface area contributed by atoms with Crippen LogP contribution in [-0.2, 0) is 11.9 Å². The average molecular weight is 339 g/mol. The summed E-state index contributed by atoms with van der Waals surface area (Å²) >= 11 is 12.6. The van der Waals surface area contributed by atoms with Crippen molar-refractivity contribution in [3.8, 4) is 0 Å². The Kier molecular flexibility index (Phi) is 4.78. The molecule has 0 aliphatic carbocycles. The molecule has 2 aromatic rings. The third-order valence-corrected chi connectivity index (χ3v) is 3.80. The minimum absolute atomic E-state index is 0.150. The van der Waals surface area contributed by atoms with E-state index in [1.54, 1.807) is 24.3 Å². The summed E-state index contributed by atoms with van der Waals surface area (Å²) in [5, 5.41) is 0.273. The number of aromatic nitrogens is 2. The van der Waals surface area contributed by atoms with Crippen molar-refractivity contribution in [2.75, 3.05) is 0 Å². The van der Waals surface area contributed by atoms with Crippen molar-refractivity contribution in [1.29, 1.82) is 0 Å².